The summed E-state index contributed by atoms with van der Waals surface area (Å²) in [6.07, 6.45) is 2.07. The van der Waals surface area contributed by atoms with Gasteiger partial charge in [0.15, 0.2) is 0 Å². The standard InChI is InChI=1S/C24H19ClN2OS/c25-18-13-11-16(12-14-18)20-15-21(17-7-3-1-4-8-17)27-24(29)22(20)23(28)26-19-9-5-2-6-10-19/h1-15,20,22H,(H,26,28)(H,27,29). The number of hydrogen-bond acceptors (Lipinski definition) is 2. The van der Waals surface area contributed by atoms with Gasteiger partial charge >= 0.3 is 0 Å². The lowest BCUT2D eigenvalue weighted by atomic mass is 9.81. The number of para-hydroxylation sites is 1. The van der Waals surface area contributed by atoms with E-state index in [2.05, 4.69) is 16.7 Å². The predicted molar refractivity (Wildman–Crippen MR) is 123 cm³/mol. The summed E-state index contributed by atoms with van der Waals surface area (Å²) >= 11 is 11.7. The van der Waals surface area contributed by atoms with Crippen LogP contribution in [-0.4, -0.2) is 10.9 Å². The number of nitrogens with one attached hydrogen (secondary N) is 2. The van der Waals surface area contributed by atoms with Crippen molar-refractivity contribution in [3.63, 3.8) is 0 Å². The van der Waals surface area contributed by atoms with Crippen molar-refractivity contribution in [1.82, 2.24) is 5.32 Å². The summed E-state index contributed by atoms with van der Waals surface area (Å²) in [4.78, 5) is 13.7. The van der Waals surface area contributed by atoms with E-state index in [1.54, 1.807) is 0 Å². The van der Waals surface area contributed by atoms with Crippen molar-refractivity contribution in [2.24, 2.45) is 5.92 Å². The first-order valence-corrected chi connectivity index (χ1v) is 10.1. The maximum Gasteiger partial charge on any atom is 0.235 e. The normalized spacial score (nSPS) is 18.5. The molecule has 1 amide bonds. The second kappa shape index (κ2) is 8.60. The average molecular weight is 419 g/mol. The van der Waals surface area contributed by atoms with Gasteiger partial charge in [0.25, 0.3) is 0 Å². The third kappa shape index (κ3) is 4.39. The highest BCUT2D eigenvalue weighted by Crippen LogP contribution is 2.35. The highest BCUT2D eigenvalue weighted by molar-refractivity contribution is 7.80. The fraction of sp³-hybridized carbons (Fsp3) is 0.0833. The number of benzene rings is 3. The Balaban J connectivity index is 1.72. The number of halogens is 1. The number of carbonyl (C=O) groups excluding carboxylic acids is 1. The van der Waals surface area contributed by atoms with Crippen molar-refractivity contribution in [1.29, 1.82) is 0 Å². The molecule has 3 nitrogen and oxygen atoms in total. The third-order valence-electron chi connectivity index (χ3n) is 4.91. The van der Waals surface area contributed by atoms with Gasteiger partial charge in [-0.2, -0.15) is 0 Å². The second-order valence-electron chi connectivity index (χ2n) is 6.85. The van der Waals surface area contributed by atoms with Gasteiger partial charge in [0.1, 0.15) is 0 Å². The van der Waals surface area contributed by atoms with Gasteiger partial charge in [-0.05, 0) is 35.4 Å². The molecule has 1 aliphatic heterocycles. The Kier molecular flexibility index (Phi) is 5.74. The maximum atomic E-state index is 13.2. The molecule has 0 fully saturated rings. The first kappa shape index (κ1) is 19.4. The van der Waals surface area contributed by atoms with Gasteiger partial charge in [0.05, 0.1) is 10.9 Å². The molecule has 2 N–H and O–H groups in total. The van der Waals surface area contributed by atoms with Crippen molar-refractivity contribution < 1.29 is 4.79 Å². The van der Waals surface area contributed by atoms with Gasteiger partial charge in [-0.3, -0.25) is 4.79 Å². The molecule has 1 heterocycles. The van der Waals surface area contributed by atoms with Crippen LogP contribution in [0.5, 0.6) is 0 Å². The lowest BCUT2D eigenvalue weighted by Gasteiger charge is -2.32. The zero-order valence-corrected chi connectivity index (χ0v) is 17.1. The Labute approximate surface area is 180 Å². The fourth-order valence-corrected chi connectivity index (χ4v) is 3.96. The summed E-state index contributed by atoms with van der Waals surface area (Å²) in [6, 6.07) is 26.9. The predicted octanol–water partition coefficient (Wildman–Crippen LogP) is 5.65. The van der Waals surface area contributed by atoms with Gasteiger partial charge in [-0.1, -0.05) is 90.6 Å². The molecule has 3 aromatic carbocycles. The molecular formula is C24H19ClN2OS. The number of anilines is 1. The highest BCUT2D eigenvalue weighted by atomic mass is 35.5. The van der Waals surface area contributed by atoms with Crippen molar-refractivity contribution in [3.8, 4) is 0 Å². The Hall–Kier alpha value is -2.95. The van der Waals surface area contributed by atoms with E-state index in [-0.39, 0.29) is 11.8 Å². The van der Waals surface area contributed by atoms with Crippen LogP contribution in [0.15, 0.2) is 91.0 Å². The summed E-state index contributed by atoms with van der Waals surface area (Å²) in [6.45, 7) is 0. The van der Waals surface area contributed by atoms with E-state index in [0.717, 1.165) is 22.5 Å². The van der Waals surface area contributed by atoms with Gasteiger partial charge in [0.2, 0.25) is 5.91 Å². The first-order chi connectivity index (χ1) is 14.1. The zero-order chi connectivity index (χ0) is 20.2. The first-order valence-electron chi connectivity index (χ1n) is 9.31. The van der Waals surface area contributed by atoms with Gasteiger partial charge in [-0.25, -0.2) is 0 Å². The number of hydrogen-bond donors (Lipinski definition) is 2. The summed E-state index contributed by atoms with van der Waals surface area (Å²) in [5.41, 5.74) is 3.66. The summed E-state index contributed by atoms with van der Waals surface area (Å²) in [5, 5.41) is 6.91. The molecule has 5 heteroatoms. The molecule has 1 aliphatic rings. The Morgan fingerprint density at radius 3 is 2.17 bits per heavy atom. The van der Waals surface area contributed by atoms with Crippen LogP contribution < -0.4 is 10.6 Å². The van der Waals surface area contributed by atoms with Crippen LogP contribution in [0, 0.1) is 5.92 Å². The maximum absolute atomic E-state index is 13.2. The highest BCUT2D eigenvalue weighted by Gasteiger charge is 2.36. The molecule has 0 radical (unpaired) electrons. The zero-order valence-electron chi connectivity index (χ0n) is 15.5. The lowest BCUT2D eigenvalue weighted by Crippen LogP contribution is -2.42. The minimum absolute atomic E-state index is 0.142. The molecule has 0 saturated carbocycles. The van der Waals surface area contributed by atoms with E-state index < -0.39 is 5.92 Å². The van der Waals surface area contributed by atoms with Crippen molar-refractivity contribution in [2.75, 3.05) is 5.32 Å². The summed E-state index contributed by atoms with van der Waals surface area (Å²) in [7, 11) is 0. The lowest BCUT2D eigenvalue weighted by molar-refractivity contribution is -0.118. The number of allylic oxidation sites excluding steroid dienone is 1. The van der Waals surface area contributed by atoms with Crippen LogP contribution in [0.1, 0.15) is 17.0 Å². The van der Waals surface area contributed by atoms with E-state index in [9.17, 15) is 4.79 Å². The number of carbonyl (C=O) groups is 1. The van der Waals surface area contributed by atoms with E-state index in [1.807, 2.05) is 84.9 Å². The topological polar surface area (TPSA) is 41.1 Å². The van der Waals surface area contributed by atoms with Crippen molar-refractivity contribution >= 4 is 46.1 Å². The number of amides is 1. The van der Waals surface area contributed by atoms with Crippen LogP contribution in [-0.2, 0) is 4.79 Å². The quantitative estimate of drug-likeness (QED) is 0.538. The smallest absolute Gasteiger partial charge is 0.235 e. The van der Waals surface area contributed by atoms with Crippen LogP contribution in [0.4, 0.5) is 5.69 Å². The van der Waals surface area contributed by atoms with Crippen LogP contribution in [0.25, 0.3) is 5.70 Å². The monoisotopic (exact) mass is 418 g/mol. The van der Waals surface area contributed by atoms with Crippen LogP contribution in [0.3, 0.4) is 0 Å². The van der Waals surface area contributed by atoms with Crippen LogP contribution in [0.2, 0.25) is 5.02 Å². The van der Waals surface area contributed by atoms with Crippen molar-refractivity contribution in [2.45, 2.75) is 5.92 Å². The van der Waals surface area contributed by atoms with Gasteiger partial charge < -0.3 is 10.6 Å². The molecule has 29 heavy (non-hydrogen) atoms. The molecule has 144 valence electrons. The van der Waals surface area contributed by atoms with Gasteiger partial charge in [0, 0.05) is 22.3 Å². The molecule has 3 aromatic rings. The molecule has 0 aliphatic carbocycles. The number of rotatable bonds is 4. The Bertz CT molecular complexity index is 1050. The Morgan fingerprint density at radius 1 is 0.897 bits per heavy atom. The molecule has 2 unspecified atom stereocenters. The second-order valence-corrected chi connectivity index (χ2v) is 7.72. The number of thiocarbonyl (C=S) groups is 1. The van der Waals surface area contributed by atoms with E-state index in [1.165, 1.54) is 0 Å². The molecular weight excluding hydrogens is 400 g/mol. The largest absolute Gasteiger partial charge is 0.349 e. The molecule has 4 rings (SSSR count). The minimum atomic E-state index is -0.529. The molecule has 0 aromatic heterocycles. The Morgan fingerprint density at radius 2 is 1.52 bits per heavy atom. The molecule has 0 spiro atoms. The fourth-order valence-electron chi connectivity index (χ4n) is 3.47. The van der Waals surface area contributed by atoms with E-state index in [4.69, 9.17) is 23.8 Å². The van der Waals surface area contributed by atoms with Crippen LogP contribution >= 0.6 is 23.8 Å². The van der Waals surface area contributed by atoms with Gasteiger partial charge in [-0.15, -0.1) is 0 Å². The van der Waals surface area contributed by atoms with Crippen molar-refractivity contribution in [3.05, 3.63) is 107 Å². The van der Waals surface area contributed by atoms with E-state index in [0.29, 0.717) is 10.0 Å². The molecule has 0 bridgehead atoms. The molecule has 2 atom stereocenters. The molecule has 0 saturated heterocycles. The van der Waals surface area contributed by atoms with E-state index >= 15 is 0 Å². The SMILES string of the molecule is O=C(Nc1ccccc1)C1C(=S)NC(c2ccccc2)=CC1c1ccc(Cl)cc1. The third-order valence-corrected chi connectivity index (χ3v) is 5.52. The average Bonchev–Trinajstić information content (AvgIpc) is 2.75. The summed E-state index contributed by atoms with van der Waals surface area (Å²) in [5.74, 6) is -0.879. The summed E-state index contributed by atoms with van der Waals surface area (Å²) < 4.78 is 0. The minimum Gasteiger partial charge on any atom is -0.349 e.